The molecule has 0 bridgehead atoms. The summed E-state index contributed by atoms with van der Waals surface area (Å²) in [5.41, 5.74) is 7.64. The van der Waals surface area contributed by atoms with Gasteiger partial charge in [0, 0.05) is 29.7 Å². The van der Waals surface area contributed by atoms with Crippen molar-refractivity contribution < 1.29 is 4.79 Å². The number of aromatic nitrogens is 1. The van der Waals surface area contributed by atoms with Crippen LogP contribution in [0.3, 0.4) is 0 Å². The summed E-state index contributed by atoms with van der Waals surface area (Å²) in [4.78, 5) is 12.4. The molecule has 3 N–H and O–H groups in total. The molecule has 2 atom stereocenters. The molecule has 2 unspecified atom stereocenters. The molecule has 2 aromatic rings. The summed E-state index contributed by atoms with van der Waals surface area (Å²) in [7, 11) is 0. The minimum atomic E-state index is 0.0604. The molecule has 1 aromatic carbocycles. The summed E-state index contributed by atoms with van der Waals surface area (Å²) in [5.74, 6) is 0.496. The maximum Gasteiger partial charge on any atom is 0.227 e. The summed E-state index contributed by atoms with van der Waals surface area (Å²) >= 11 is 0. The SMILES string of the molecule is NCC1CCCC1C(=O)Nc1cccc(-n2cccc2)c1. The number of nitrogens with two attached hydrogens (primary N) is 1. The van der Waals surface area contributed by atoms with Gasteiger partial charge in [0.25, 0.3) is 0 Å². The van der Waals surface area contributed by atoms with E-state index in [1.165, 1.54) is 0 Å². The molecule has 1 aliphatic carbocycles. The zero-order chi connectivity index (χ0) is 14.7. The Labute approximate surface area is 125 Å². The highest BCUT2D eigenvalue weighted by atomic mass is 16.1. The second-order valence-electron chi connectivity index (χ2n) is 5.66. The van der Waals surface area contributed by atoms with Crippen LogP contribution >= 0.6 is 0 Å². The van der Waals surface area contributed by atoms with Gasteiger partial charge in [0.15, 0.2) is 0 Å². The van der Waals surface area contributed by atoms with E-state index in [4.69, 9.17) is 5.73 Å². The van der Waals surface area contributed by atoms with Crippen molar-refractivity contribution in [2.75, 3.05) is 11.9 Å². The number of anilines is 1. The van der Waals surface area contributed by atoms with E-state index in [2.05, 4.69) is 5.32 Å². The third-order valence-corrected chi connectivity index (χ3v) is 4.31. The van der Waals surface area contributed by atoms with E-state index >= 15 is 0 Å². The third kappa shape index (κ3) is 3.00. The summed E-state index contributed by atoms with van der Waals surface area (Å²) < 4.78 is 2.02. The van der Waals surface area contributed by atoms with Crippen molar-refractivity contribution in [1.82, 2.24) is 4.57 Å². The van der Waals surface area contributed by atoms with Gasteiger partial charge in [-0.05, 0) is 55.6 Å². The molecular formula is C17H21N3O. The van der Waals surface area contributed by atoms with Gasteiger partial charge in [-0.1, -0.05) is 12.5 Å². The number of hydrogen-bond donors (Lipinski definition) is 2. The van der Waals surface area contributed by atoms with Crippen LogP contribution in [0.4, 0.5) is 5.69 Å². The first-order chi connectivity index (χ1) is 10.3. The lowest BCUT2D eigenvalue weighted by Gasteiger charge is -2.17. The Kier molecular flexibility index (Phi) is 4.06. The van der Waals surface area contributed by atoms with Crippen molar-refractivity contribution in [3.8, 4) is 5.69 Å². The number of benzene rings is 1. The zero-order valence-corrected chi connectivity index (χ0v) is 12.0. The molecule has 1 fully saturated rings. The van der Waals surface area contributed by atoms with Crippen molar-refractivity contribution in [1.29, 1.82) is 0 Å². The van der Waals surface area contributed by atoms with Gasteiger partial charge >= 0.3 is 0 Å². The molecular weight excluding hydrogens is 262 g/mol. The normalized spacial score (nSPS) is 21.4. The molecule has 0 spiro atoms. The van der Waals surface area contributed by atoms with Gasteiger partial charge in [0.1, 0.15) is 0 Å². The van der Waals surface area contributed by atoms with Crippen LogP contribution in [-0.4, -0.2) is 17.0 Å². The van der Waals surface area contributed by atoms with Crippen molar-refractivity contribution in [2.24, 2.45) is 17.6 Å². The minimum absolute atomic E-state index is 0.0604. The fraction of sp³-hybridized carbons (Fsp3) is 0.353. The molecule has 1 aromatic heterocycles. The monoisotopic (exact) mass is 283 g/mol. The Morgan fingerprint density at radius 3 is 2.81 bits per heavy atom. The van der Waals surface area contributed by atoms with E-state index in [9.17, 15) is 4.79 Å². The number of hydrogen-bond acceptors (Lipinski definition) is 2. The zero-order valence-electron chi connectivity index (χ0n) is 12.0. The number of nitrogens with one attached hydrogen (secondary N) is 1. The number of rotatable bonds is 4. The molecule has 1 saturated carbocycles. The predicted octanol–water partition coefficient (Wildman–Crippen LogP) is 2.79. The number of carbonyl (C=O) groups is 1. The molecule has 0 saturated heterocycles. The van der Waals surface area contributed by atoms with Crippen LogP contribution in [0.1, 0.15) is 19.3 Å². The van der Waals surface area contributed by atoms with E-state index < -0.39 is 0 Å². The van der Waals surface area contributed by atoms with Crippen LogP contribution in [0.5, 0.6) is 0 Å². The Morgan fingerprint density at radius 1 is 1.24 bits per heavy atom. The second-order valence-corrected chi connectivity index (χ2v) is 5.66. The third-order valence-electron chi connectivity index (χ3n) is 4.31. The quantitative estimate of drug-likeness (QED) is 0.906. The molecule has 1 heterocycles. The highest BCUT2D eigenvalue weighted by molar-refractivity contribution is 5.93. The molecule has 110 valence electrons. The van der Waals surface area contributed by atoms with E-state index in [1.807, 2.05) is 53.4 Å². The van der Waals surface area contributed by atoms with Crippen LogP contribution in [-0.2, 0) is 4.79 Å². The number of nitrogens with zero attached hydrogens (tertiary/aromatic N) is 1. The van der Waals surface area contributed by atoms with E-state index in [-0.39, 0.29) is 11.8 Å². The molecule has 4 heteroatoms. The molecule has 1 aliphatic rings. The van der Waals surface area contributed by atoms with E-state index in [0.29, 0.717) is 12.5 Å². The Morgan fingerprint density at radius 2 is 2.05 bits per heavy atom. The maximum absolute atomic E-state index is 12.4. The molecule has 0 radical (unpaired) electrons. The maximum atomic E-state index is 12.4. The lowest BCUT2D eigenvalue weighted by atomic mass is 9.95. The molecule has 4 nitrogen and oxygen atoms in total. The Bertz CT molecular complexity index is 606. The topological polar surface area (TPSA) is 60.1 Å². The lowest BCUT2D eigenvalue weighted by molar-refractivity contribution is -0.120. The first-order valence-electron chi connectivity index (χ1n) is 7.52. The Hall–Kier alpha value is -2.07. The van der Waals surface area contributed by atoms with Gasteiger partial charge in [0.2, 0.25) is 5.91 Å². The van der Waals surface area contributed by atoms with Crippen LogP contribution in [0.2, 0.25) is 0 Å². The van der Waals surface area contributed by atoms with Gasteiger partial charge in [0.05, 0.1) is 0 Å². The number of amides is 1. The van der Waals surface area contributed by atoms with Crippen LogP contribution in [0, 0.1) is 11.8 Å². The van der Waals surface area contributed by atoms with Crippen molar-refractivity contribution in [2.45, 2.75) is 19.3 Å². The molecule has 1 amide bonds. The highest BCUT2D eigenvalue weighted by Gasteiger charge is 2.31. The minimum Gasteiger partial charge on any atom is -0.330 e. The van der Waals surface area contributed by atoms with Gasteiger partial charge in [-0.3, -0.25) is 4.79 Å². The van der Waals surface area contributed by atoms with E-state index in [1.54, 1.807) is 0 Å². The molecule has 0 aliphatic heterocycles. The first kappa shape index (κ1) is 13.9. The molecule has 3 rings (SSSR count). The van der Waals surface area contributed by atoms with Gasteiger partial charge < -0.3 is 15.6 Å². The van der Waals surface area contributed by atoms with Crippen molar-refractivity contribution >= 4 is 11.6 Å². The fourth-order valence-electron chi connectivity index (χ4n) is 3.15. The number of carbonyl (C=O) groups excluding carboxylic acids is 1. The van der Waals surface area contributed by atoms with Crippen molar-refractivity contribution in [3.63, 3.8) is 0 Å². The highest BCUT2D eigenvalue weighted by Crippen LogP contribution is 2.32. The van der Waals surface area contributed by atoms with E-state index in [0.717, 1.165) is 30.6 Å². The van der Waals surface area contributed by atoms with Gasteiger partial charge in [-0.15, -0.1) is 0 Å². The summed E-state index contributed by atoms with van der Waals surface area (Å²) in [6, 6.07) is 11.9. The predicted molar refractivity (Wildman–Crippen MR) is 84.3 cm³/mol. The fourth-order valence-corrected chi connectivity index (χ4v) is 3.15. The molecule has 21 heavy (non-hydrogen) atoms. The summed E-state index contributed by atoms with van der Waals surface area (Å²) in [6.07, 6.45) is 7.09. The second kappa shape index (κ2) is 6.14. The van der Waals surface area contributed by atoms with Crippen molar-refractivity contribution in [3.05, 3.63) is 48.8 Å². The first-order valence-corrected chi connectivity index (χ1v) is 7.52. The van der Waals surface area contributed by atoms with Gasteiger partial charge in [-0.25, -0.2) is 0 Å². The lowest BCUT2D eigenvalue weighted by Crippen LogP contribution is -2.29. The summed E-state index contributed by atoms with van der Waals surface area (Å²) in [5, 5.41) is 3.04. The van der Waals surface area contributed by atoms with Crippen LogP contribution in [0.25, 0.3) is 5.69 Å². The van der Waals surface area contributed by atoms with Crippen LogP contribution < -0.4 is 11.1 Å². The largest absolute Gasteiger partial charge is 0.330 e. The average molecular weight is 283 g/mol. The van der Waals surface area contributed by atoms with Crippen LogP contribution in [0.15, 0.2) is 48.8 Å². The Balaban J connectivity index is 1.73. The van der Waals surface area contributed by atoms with Gasteiger partial charge in [-0.2, -0.15) is 0 Å². The average Bonchev–Trinajstić information content (AvgIpc) is 3.18. The smallest absolute Gasteiger partial charge is 0.227 e. The standard InChI is InChI=1S/C17H21N3O/c18-12-13-5-3-8-16(13)17(21)19-14-6-4-7-15(11-14)20-9-1-2-10-20/h1-2,4,6-7,9-11,13,16H,3,5,8,12,18H2,(H,19,21). The summed E-state index contributed by atoms with van der Waals surface area (Å²) in [6.45, 7) is 0.599.